The molecule has 12 heteroatoms. The molecule has 0 radical (unpaired) electrons. The Morgan fingerprint density at radius 3 is 2.27 bits per heavy atom. The summed E-state index contributed by atoms with van der Waals surface area (Å²) in [5, 5.41) is 8.09. The lowest BCUT2D eigenvalue weighted by molar-refractivity contribution is 0.0987. The molecular formula is C25H26ClN5O5S. The molecule has 4 rings (SSSR count). The molecule has 0 aliphatic heterocycles. The first-order valence-electron chi connectivity index (χ1n) is 11.2. The predicted molar refractivity (Wildman–Crippen MR) is 139 cm³/mol. The summed E-state index contributed by atoms with van der Waals surface area (Å²) in [5.41, 5.74) is 1.56. The van der Waals surface area contributed by atoms with Crippen LogP contribution in [0.4, 0.5) is 0 Å². The summed E-state index contributed by atoms with van der Waals surface area (Å²) >= 11 is 5.95. The van der Waals surface area contributed by atoms with Crippen LogP contribution < -0.4 is 9.47 Å². The molecule has 4 aromatic rings. The number of para-hydroxylation sites is 1. The van der Waals surface area contributed by atoms with Crippen LogP contribution in [0.3, 0.4) is 0 Å². The van der Waals surface area contributed by atoms with Gasteiger partial charge in [0.1, 0.15) is 29.0 Å². The van der Waals surface area contributed by atoms with E-state index in [4.69, 9.17) is 25.8 Å². The van der Waals surface area contributed by atoms with Crippen molar-refractivity contribution in [1.82, 2.24) is 24.7 Å². The first-order chi connectivity index (χ1) is 17.8. The van der Waals surface area contributed by atoms with Crippen molar-refractivity contribution in [2.75, 3.05) is 21.3 Å². The maximum atomic E-state index is 13.7. The number of aromatic nitrogens is 5. The first kappa shape index (κ1) is 26.5. The number of halogens is 1. The standard InChI is InChI=1S/C25H26ClN5O5S/c1-16(24(36-4)19-11-10-18(26)14-28-19)37(32,33)15-22-29-30-25(17-7-6-12-27-13-17)31(22)23-20(34-2)8-5-9-21(23)35-3/h5-14,16,24H,15H2,1-4H3/t16-,24-/m0/s1. The Balaban J connectivity index is 1.83. The molecule has 0 amide bonds. The summed E-state index contributed by atoms with van der Waals surface area (Å²) in [7, 11) is 0.642. The van der Waals surface area contributed by atoms with Gasteiger partial charge in [-0.1, -0.05) is 17.7 Å². The van der Waals surface area contributed by atoms with Crippen molar-refractivity contribution in [3.8, 4) is 28.6 Å². The number of methoxy groups -OCH3 is 3. The predicted octanol–water partition coefficient (Wildman–Crippen LogP) is 4.09. The fraction of sp³-hybridized carbons (Fsp3) is 0.280. The highest BCUT2D eigenvalue weighted by molar-refractivity contribution is 7.91. The van der Waals surface area contributed by atoms with Crippen LogP contribution in [0.5, 0.6) is 11.5 Å². The SMILES string of the molecule is COc1cccc(OC)c1-n1c(CS(=O)(=O)[C@@H](C)[C@H](OC)c2ccc(Cl)cn2)nnc1-c1cccnc1. The fourth-order valence-corrected chi connectivity index (χ4v) is 5.54. The van der Waals surface area contributed by atoms with Gasteiger partial charge in [-0.2, -0.15) is 0 Å². The number of hydrogen-bond acceptors (Lipinski definition) is 9. The van der Waals surface area contributed by atoms with Crippen molar-refractivity contribution in [3.05, 3.63) is 77.6 Å². The second-order valence-electron chi connectivity index (χ2n) is 8.10. The number of ether oxygens (including phenoxy) is 3. The third-order valence-corrected chi connectivity index (χ3v) is 8.16. The third kappa shape index (κ3) is 5.43. The van der Waals surface area contributed by atoms with Gasteiger partial charge in [-0.05, 0) is 43.3 Å². The molecular weight excluding hydrogens is 518 g/mol. The van der Waals surface area contributed by atoms with E-state index >= 15 is 0 Å². The average Bonchev–Trinajstić information content (AvgIpc) is 3.32. The summed E-state index contributed by atoms with van der Waals surface area (Å²) in [4.78, 5) is 8.42. The van der Waals surface area contributed by atoms with E-state index in [0.717, 1.165) is 0 Å². The Labute approximate surface area is 220 Å². The number of pyridine rings is 2. The molecule has 0 unspecified atom stereocenters. The van der Waals surface area contributed by atoms with Crippen LogP contribution in [0.1, 0.15) is 24.5 Å². The van der Waals surface area contributed by atoms with Crippen molar-refractivity contribution in [1.29, 1.82) is 0 Å². The molecule has 3 aromatic heterocycles. The van der Waals surface area contributed by atoms with Crippen molar-refractivity contribution in [3.63, 3.8) is 0 Å². The van der Waals surface area contributed by atoms with Gasteiger partial charge in [0, 0.05) is 31.3 Å². The van der Waals surface area contributed by atoms with Gasteiger partial charge in [0.2, 0.25) is 0 Å². The number of hydrogen-bond donors (Lipinski definition) is 0. The molecule has 0 fully saturated rings. The van der Waals surface area contributed by atoms with E-state index < -0.39 is 26.9 Å². The Morgan fingerprint density at radius 1 is 0.973 bits per heavy atom. The van der Waals surface area contributed by atoms with E-state index in [1.807, 2.05) is 6.07 Å². The molecule has 0 aliphatic rings. The van der Waals surface area contributed by atoms with E-state index in [2.05, 4.69) is 20.2 Å². The number of nitrogens with zero attached hydrogens (tertiary/aromatic N) is 5. The van der Waals surface area contributed by atoms with Gasteiger partial charge in [-0.25, -0.2) is 8.42 Å². The van der Waals surface area contributed by atoms with Crippen molar-refractivity contribution >= 4 is 21.4 Å². The minimum atomic E-state index is -3.84. The van der Waals surface area contributed by atoms with Crippen LogP contribution in [0.2, 0.25) is 5.02 Å². The van der Waals surface area contributed by atoms with E-state index in [0.29, 0.717) is 39.3 Å². The molecule has 0 bridgehead atoms. The molecule has 194 valence electrons. The van der Waals surface area contributed by atoms with Gasteiger partial charge in [0.05, 0.1) is 30.2 Å². The van der Waals surface area contributed by atoms with Crippen LogP contribution in [0, 0.1) is 0 Å². The lowest BCUT2D eigenvalue weighted by Gasteiger charge is -2.23. The molecule has 10 nitrogen and oxygen atoms in total. The Kier molecular flexibility index (Phi) is 8.06. The molecule has 37 heavy (non-hydrogen) atoms. The van der Waals surface area contributed by atoms with E-state index in [9.17, 15) is 8.42 Å². The summed E-state index contributed by atoms with van der Waals surface area (Å²) in [6, 6.07) is 12.1. The maximum Gasteiger partial charge on any atom is 0.170 e. The summed E-state index contributed by atoms with van der Waals surface area (Å²) in [6.07, 6.45) is 3.89. The smallest absolute Gasteiger partial charge is 0.170 e. The van der Waals surface area contributed by atoms with Crippen molar-refractivity contribution < 1.29 is 22.6 Å². The van der Waals surface area contributed by atoms with Crippen molar-refractivity contribution in [2.24, 2.45) is 0 Å². The van der Waals surface area contributed by atoms with Gasteiger partial charge in [0.25, 0.3) is 0 Å². The minimum absolute atomic E-state index is 0.174. The Bertz CT molecular complexity index is 1440. The molecule has 3 heterocycles. The quantitative estimate of drug-likeness (QED) is 0.291. The Morgan fingerprint density at radius 2 is 1.70 bits per heavy atom. The summed E-state index contributed by atoms with van der Waals surface area (Å²) < 4.78 is 45.7. The number of rotatable bonds is 10. The van der Waals surface area contributed by atoms with Crippen LogP contribution in [-0.2, 0) is 20.3 Å². The van der Waals surface area contributed by atoms with E-state index in [1.165, 1.54) is 27.5 Å². The number of sulfone groups is 1. The normalized spacial score (nSPS) is 13.2. The second kappa shape index (κ2) is 11.2. The monoisotopic (exact) mass is 543 g/mol. The zero-order valence-corrected chi connectivity index (χ0v) is 22.3. The van der Waals surface area contributed by atoms with E-state index in [1.54, 1.807) is 60.3 Å². The van der Waals surface area contributed by atoms with Crippen LogP contribution in [-0.4, -0.2) is 59.7 Å². The zero-order valence-electron chi connectivity index (χ0n) is 20.7. The summed E-state index contributed by atoms with van der Waals surface area (Å²) in [6.45, 7) is 1.58. The second-order valence-corrected chi connectivity index (χ2v) is 10.9. The van der Waals surface area contributed by atoms with Gasteiger partial charge in [-0.15, -0.1) is 10.2 Å². The van der Waals surface area contributed by atoms with Crippen LogP contribution in [0.15, 0.2) is 61.1 Å². The van der Waals surface area contributed by atoms with Gasteiger partial charge >= 0.3 is 0 Å². The molecule has 2 atom stereocenters. The fourth-order valence-electron chi connectivity index (χ4n) is 3.99. The highest BCUT2D eigenvalue weighted by Gasteiger charge is 2.34. The molecule has 0 saturated carbocycles. The minimum Gasteiger partial charge on any atom is -0.494 e. The lowest BCUT2D eigenvalue weighted by Crippen LogP contribution is -2.29. The topological polar surface area (TPSA) is 118 Å². The first-order valence-corrected chi connectivity index (χ1v) is 13.3. The van der Waals surface area contributed by atoms with Crippen LogP contribution >= 0.6 is 11.6 Å². The van der Waals surface area contributed by atoms with Gasteiger partial charge in [-0.3, -0.25) is 14.5 Å². The van der Waals surface area contributed by atoms with E-state index in [-0.39, 0.29) is 5.82 Å². The summed E-state index contributed by atoms with van der Waals surface area (Å²) in [5.74, 6) is 1.03. The highest BCUT2D eigenvalue weighted by atomic mass is 35.5. The molecule has 0 N–H and O–H groups in total. The molecule has 1 aromatic carbocycles. The van der Waals surface area contributed by atoms with Crippen molar-refractivity contribution in [2.45, 2.75) is 24.0 Å². The number of benzene rings is 1. The van der Waals surface area contributed by atoms with Gasteiger partial charge < -0.3 is 14.2 Å². The zero-order chi connectivity index (χ0) is 26.6. The Hall–Kier alpha value is -3.54. The molecule has 0 spiro atoms. The maximum absolute atomic E-state index is 13.7. The average molecular weight is 544 g/mol. The molecule has 0 aliphatic carbocycles. The van der Waals surface area contributed by atoms with Gasteiger partial charge in [0.15, 0.2) is 21.5 Å². The lowest BCUT2D eigenvalue weighted by atomic mass is 10.2. The van der Waals surface area contributed by atoms with Crippen LogP contribution in [0.25, 0.3) is 17.1 Å². The molecule has 0 saturated heterocycles. The highest BCUT2D eigenvalue weighted by Crippen LogP contribution is 2.37. The largest absolute Gasteiger partial charge is 0.494 e. The third-order valence-electron chi connectivity index (χ3n) is 5.89.